The summed E-state index contributed by atoms with van der Waals surface area (Å²) >= 11 is 1.58. The molecule has 1 saturated heterocycles. The molecular formula is C33H40N6O3S. The average Bonchev–Trinajstić information content (AvgIpc) is 3.32. The van der Waals surface area contributed by atoms with Crippen molar-refractivity contribution in [1.82, 2.24) is 14.5 Å². The van der Waals surface area contributed by atoms with E-state index >= 15 is 0 Å². The Bertz CT molecular complexity index is 1550. The topological polar surface area (TPSA) is 84.8 Å². The summed E-state index contributed by atoms with van der Waals surface area (Å²) in [6, 6.07) is 3.84. The maximum Gasteiger partial charge on any atom is 0.247 e. The van der Waals surface area contributed by atoms with E-state index in [-0.39, 0.29) is 5.91 Å². The monoisotopic (exact) mass is 600 g/mol. The lowest BCUT2D eigenvalue weighted by molar-refractivity contribution is -0.111. The molecule has 9 nitrogen and oxygen atoms in total. The smallest absolute Gasteiger partial charge is 0.247 e. The van der Waals surface area contributed by atoms with Crippen molar-refractivity contribution in [3.8, 4) is 17.0 Å². The van der Waals surface area contributed by atoms with Gasteiger partial charge in [0.1, 0.15) is 5.75 Å². The number of ether oxygens (including phenoxy) is 2. The minimum absolute atomic E-state index is 0.295. The third-order valence-corrected chi connectivity index (χ3v) is 8.09. The highest BCUT2D eigenvalue weighted by Crippen LogP contribution is 2.42. The maximum absolute atomic E-state index is 12.4. The summed E-state index contributed by atoms with van der Waals surface area (Å²) in [5.41, 5.74) is 6.30. The van der Waals surface area contributed by atoms with Crippen molar-refractivity contribution in [2.45, 2.75) is 25.7 Å². The number of aromatic nitrogens is 3. The Morgan fingerprint density at radius 1 is 1.21 bits per heavy atom. The van der Waals surface area contributed by atoms with Gasteiger partial charge in [-0.1, -0.05) is 42.6 Å². The van der Waals surface area contributed by atoms with Gasteiger partial charge in [0, 0.05) is 56.9 Å². The number of thioether (sulfide) groups is 1. The first-order valence-electron chi connectivity index (χ1n) is 14.1. The van der Waals surface area contributed by atoms with Crippen LogP contribution in [-0.2, 0) is 16.6 Å². The molecule has 0 aliphatic carbocycles. The van der Waals surface area contributed by atoms with E-state index in [2.05, 4.69) is 40.6 Å². The summed E-state index contributed by atoms with van der Waals surface area (Å²) in [4.78, 5) is 27.3. The molecule has 1 aliphatic heterocycles. The van der Waals surface area contributed by atoms with Gasteiger partial charge in [-0.3, -0.25) is 4.79 Å². The van der Waals surface area contributed by atoms with Gasteiger partial charge in [-0.25, -0.2) is 9.97 Å². The summed E-state index contributed by atoms with van der Waals surface area (Å²) in [7, 11) is 5.57. The van der Waals surface area contributed by atoms with Crippen molar-refractivity contribution >= 4 is 46.8 Å². The molecule has 4 rings (SSSR count). The summed E-state index contributed by atoms with van der Waals surface area (Å²) in [6.07, 6.45) is 15.4. The number of nitrogens with zero attached hydrogens (tertiary/aromatic N) is 5. The van der Waals surface area contributed by atoms with E-state index in [0.717, 1.165) is 33.1 Å². The highest BCUT2D eigenvalue weighted by atomic mass is 32.2. The Morgan fingerprint density at radius 2 is 1.98 bits per heavy atom. The molecule has 0 atom stereocenters. The van der Waals surface area contributed by atoms with Gasteiger partial charge >= 0.3 is 0 Å². The molecule has 10 heteroatoms. The third kappa shape index (κ3) is 7.21. The van der Waals surface area contributed by atoms with Crippen LogP contribution in [0.4, 0.5) is 23.0 Å². The van der Waals surface area contributed by atoms with Crippen molar-refractivity contribution < 1.29 is 14.3 Å². The fraction of sp³-hybridized carbons (Fsp3) is 0.303. The number of amides is 1. The first-order valence-corrected chi connectivity index (χ1v) is 15.0. The number of hydrogen-bond acceptors (Lipinski definition) is 8. The highest BCUT2D eigenvalue weighted by Gasteiger charge is 2.23. The van der Waals surface area contributed by atoms with Crippen LogP contribution in [0.2, 0.25) is 0 Å². The van der Waals surface area contributed by atoms with Gasteiger partial charge in [-0.15, -0.1) is 0 Å². The molecule has 0 bridgehead atoms. The first kappa shape index (κ1) is 31.7. The van der Waals surface area contributed by atoms with E-state index in [1.807, 2.05) is 80.9 Å². The van der Waals surface area contributed by atoms with Crippen molar-refractivity contribution in [2.24, 2.45) is 7.05 Å². The lowest BCUT2D eigenvalue weighted by atomic mass is 10.1. The number of rotatable bonds is 11. The van der Waals surface area contributed by atoms with Crippen LogP contribution in [0.5, 0.6) is 5.75 Å². The number of hydrogen-bond donors (Lipinski definition) is 1. The molecular weight excluding hydrogens is 560 g/mol. The summed E-state index contributed by atoms with van der Waals surface area (Å²) in [5.74, 6) is 0.828. The molecule has 3 heterocycles. The zero-order valence-corrected chi connectivity index (χ0v) is 26.6. The molecule has 2 aromatic heterocycles. The Hall–Kier alpha value is -4.28. The number of anilines is 4. The predicted molar refractivity (Wildman–Crippen MR) is 179 cm³/mol. The van der Waals surface area contributed by atoms with Crippen LogP contribution in [0.25, 0.3) is 17.3 Å². The van der Waals surface area contributed by atoms with Crippen LogP contribution >= 0.6 is 11.8 Å². The number of carbonyl (C=O) groups is 1. The second kappa shape index (κ2) is 14.8. The van der Waals surface area contributed by atoms with Crippen molar-refractivity contribution in [2.75, 3.05) is 55.6 Å². The van der Waals surface area contributed by atoms with Gasteiger partial charge in [0.05, 0.1) is 48.0 Å². The third-order valence-electron chi connectivity index (χ3n) is 7.13. The standard InChI is InChI=1S/C33H40N6O3S/c1-8-11-12-13-26-23(4)24(22-37(26)5)32-30(43-18-9-2)21-34-33(36-32)38(6)28-19-25(35-31(40)10-3)27(20-29(28)41-7)39-14-16-42-17-15-39/h8-13,18-22H,3,14-17H2,1-2,4-7H3,(H,35,40)/b11-8-,13-12-,18-9-. The van der Waals surface area contributed by atoms with Crippen LogP contribution in [0.1, 0.15) is 25.1 Å². The molecule has 0 radical (unpaired) electrons. The number of aryl methyl sites for hydroxylation is 1. The summed E-state index contributed by atoms with van der Waals surface area (Å²) < 4.78 is 13.5. The molecule has 1 aliphatic rings. The van der Waals surface area contributed by atoms with Gasteiger partial charge in [-0.05, 0) is 50.0 Å². The molecule has 3 aromatic rings. The number of morpholine rings is 1. The van der Waals surface area contributed by atoms with Gasteiger partial charge in [0.2, 0.25) is 11.9 Å². The normalized spacial score (nSPS) is 13.8. The molecule has 0 spiro atoms. The van der Waals surface area contributed by atoms with Crippen LogP contribution in [-0.4, -0.2) is 60.9 Å². The Kier molecular flexibility index (Phi) is 10.9. The van der Waals surface area contributed by atoms with Crippen molar-refractivity contribution in [3.63, 3.8) is 0 Å². The number of nitrogens with one attached hydrogen (secondary N) is 1. The summed E-state index contributed by atoms with van der Waals surface area (Å²) in [6.45, 7) is 12.4. The largest absolute Gasteiger partial charge is 0.494 e. The number of allylic oxidation sites excluding steroid dienone is 4. The Labute approximate surface area is 258 Å². The molecule has 226 valence electrons. The van der Waals surface area contributed by atoms with E-state index in [4.69, 9.17) is 19.4 Å². The lowest BCUT2D eigenvalue weighted by Gasteiger charge is -2.32. The number of carbonyl (C=O) groups excluding carboxylic acids is 1. The molecule has 1 aromatic carbocycles. The zero-order chi connectivity index (χ0) is 30.9. The van der Waals surface area contributed by atoms with E-state index in [0.29, 0.717) is 49.4 Å². The summed E-state index contributed by atoms with van der Waals surface area (Å²) in [5, 5.41) is 5.00. The molecule has 43 heavy (non-hydrogen) atoms. The SMILES string of the molecule is C=CC(=O)Nc1cc(N(C)c2ncc(S/C=C\C)c(-c3cn(C)c(/C=C\C=C/C)c3C)n2)c(OC)cc1N1CCOCC1. The zero-order valence-electron chi connectivity index (χ0n) is 25.8. The van der Waals surface area contributed by atoms with Crippen LogP contribution < -0.4 is 19.9 Å². The van der Waals surface area contributed by atoms with Gasteiger partial charge < -0.3 is 29.2 Å². The second-order valence-electron chi connectivity index (χ2n) is 9.91. The molecule has 1 N–H and O–H groups in total. The lowest BCUT2D eigenvalue weighted by Crippen LogP contribution is -2.36. The van der Waals surface area contributed by atoms with E-state index in [1.54, 1.807) is 18.9 Å². The van der Waals surface area contributed by atoms with E-state index < -0.39 is 0 Å². The van der Waals surface area contributed by atoms with Crippen LogP contribution in [0, 0.1) is 6.92 Å². The van der Waals surface area contributed by atoms with Gasteiger partial charge in [0.15, 0.2) is 0 Å². The molecule has 1 fully saturated rings. The van der Waals surface area contributed by atoms with E-state index in [1.165, 1.54) is 6.08 Å². The van der Waals surface area contributed by atoms with E-state index in [9.17, 15) is 4.79 Å². The average molecular weight is 601 g/mol. The number of methoxy groups -OCH3 is 1. The Balaban J connectivity index is 1.83. The highest BCUT2D eigenvalue weighted by molar-refractivity contribution is 8.02. The fourth-order valence-corrected chi connectivity index (χ4v) is 5.55. The van der Waals surface area contributed by atoms with Crippen molar-refractivity contribution in [1.29, 1.82) is 0 Å². The molecule has 1 amide bonds. The quantitative estimate of drug-likeness (QED) is 0.147. The molecule has 0 saturated carbocycles. The minimum atomic E-state index is -0.295. The predicted octanol–water partition coefficient (Wildman–Crippen LogP) is 6.74. The van der Waals surface area contributed by atoms with Gasteiger partial charge in [0.25, 0.3) is 0 Å². The molecule has 0 unspecified atom stereocenters. The maximum atomic E-state index is 12.4. The second-order valence-corrected chi connectivity index (χ2v) is 10.9. The first-order chi connectivity index (χ1) is 20.8. The minimum Gasteiger partial charge on any atom is -0.494 e. The Morgan fingerprint density at radius 3 is 2.65 bits per heavy atom. The van der Waals surface area contributed by atoms with Crippen LogP contribution in [0.15, 0.2) is 71.8 Å². The number of benzene rings is 1. The van der Waals surface area contributed by atoms with Gasteiger partial charge in [-0.2, -0.15) is 0 Å². The fourth-order valence-electron chi connectivity index (χ4n) is 4.89. The van der Waals surface area contributed by atoms with Crippen LogP contribution in [0.3, 0.4) is 0 Å². The van der Waals surface area contributed by atoms with Crippen molar-refractivity contribution in [3.05, 3.63) is 78.2 Å².